The van der Waals surface area contributed by atoms with Gasteiger partial charge in [-0.2, -0.15) is 0 Å². The number of rotatable bonds is 7. The van der Waals surface area contributed by atoms with Crippen LogP contribution in [0.15, 0.2) is 65.0 Å². The number of thioether (sulfide) groups is 1. The Morgan fingerprint density at radius 2 is 1.69 bits per heavy atom. The lowest BCUT2D eigenvalue weighted by molar-refractivity contribution is -0.140. The van der Waals surface area contributed by atoms with E-state index in [1.165, 1.54) is 18.7 Å². The van der Waals surface area contributed by atoms with Gasteiger partial charge in [0.05, 0.1) is 10.6 Å². The lowest BCUT2D eigenvalue weighted by Crippen LogP contribution is -1.99. The van der Waals surface area contributed by atoms with E-state index >= 15 is 0 Å². The van der Waals surface area contributed by atoms with E-state index in [0.29, 0.717) is 16.2 Å². The van der Waals surface area contributed by atoms with Gasteiger partial charge in [-0.25, -0.2) is 4.79 Å². The number of ketones is 1. The molecule has 3 rings (SSSR count). The van der Waals surface area contributed by atoms with Crippen LogP contribution in [0.25, 0.3) is 21.8 Å². The van der Waals surface area contributed by atoms with Crippen LogP contribution < -0.4 is 0 Å². The fraction of sp³-hybridized carbons (Fsp3) is 0.174. The van der Waals surface area contributed by atoms with E-state index in [4.69, 9.17) is 4.84 Å². The van der Waals surface area contributed by atoms with E-state index < -0.39 is 5.97 Å². The van der Waals surface area contributed by atoms with Gasteiger partial charge < -0.3 is 9.40 Å². The molecule has 0 aliphatic carbocycles. The summed E-state index contributed by atoms with van der Waals surface area (Å²) in [5.74, 6) is -0.577. The van der Waals surface area contributed by atoms with Crippen molar-refractivity contribution in [3.63, 3.8) is 0 Å². The quantitative estimate of drug-likeness (QED) is 0.167. The largest absolute Gasteiger partial charge is 0.341 e. The minimum atomic E-state index is -0.464. The first kappa shape index (κ1) is 20.6. The number of oxime groups is 1. The molecule has 0 atom stereocenters. The van der Waals surface area contributed by atoms with Gasteiger partial charge in [0.25, 0.3) is 0 Å². The maximum Gasteiger partial charge on any atom is 0.331 e. The normalized spacial score (nSPS) is 11.6. The van der Waals surface area contributed by atoms with Crippen molar-refractivity contribution in [2.45, 2.75) is 27.3 Å². The molecular formula is C23H22N2O3S. The van der Waals surface area contributed by atoms with Crippen molar-refractivity contribution in [3.8, 4) is 0 Å². The van der Waals surface area contributed by atoms with E-state index in [1.54, 1.807) is 12.3 Å². The Balaban J connectivity index is 2.18. The summed E-state index contributed by atoms with van der Waals surface area (Å²) in [7, 11) is 0. The van der Waals surface area contributed by atoms with Gasteiger partial charge in [0.1, 0.15) is 0 Å². The van der Waals surface area contributed by atoms with Crippen molar-refractivity contribution in [1.29, 1.82) is 0 Å². The molecule has 0 fully saturated rings. The van der Waals surface area contributed by atoms with Crippen LogP contribution in [-0.4, -0.2) is 22.0 Å². The van der Waals surface area contributed by atoms with Crippen LogP contribution in [-0.2, 0) is 16.2 Å². The molecule has 1 heterocycles. The average Bonchev–Trinajstić information content (AvgIpc) is 3.03. The number of hydrogen-bond donors (Lipinski definition) is 0. The standard InChI is InChI=1S/C23H22N2O3S/c1-6-25-21-10-8-17(14(3)24-28-16(5)26)12-19(21)20-13-18(9-11-22(20)25)23(27)15(4)29-7-2/h7-13H,2,4,6H2,1,3,5H3/b24-14+. The van der Waals surface area contributed by atoms with Crippen LogP contribution >= 0.6 is 11.8 Å². The van der Waals surface area contributed by atoms with Crippen LogP contribution in [0.4, 0.5) is 0 Å². The molecule has 0 aliphatic rings. The number of allylic oxidation sites excluding steroid dienone is 1. The smallest absolute Gasteiger partial charge is 0.331 e. The molecule has 3 aromatic rings. The van der Waals surface area contributed by atoms with Gasteiger partial charge in [-0.15, -0.1) is 0 Å². The first-order chi connectivity index (χ1) is 13.9. The topological polar surface area (TPSA) is 60.7 Å². The fourth-order valence-corrected chi connectivity index (χ4v) is 3.74. The van der Waals surface area contributed by atoms with E-state index in [-0.39, 0.29) is 5.78 Å². The van der Waals surface area contributed by atoms with Crippen LogP contribution in [0.1, 0.15) is 36.7 Å². The van der Waals surface area contributed by atoms with Crippen LogP contribution in [0.5, 0.6) is 0 Å². The lowest BCUT2D eigenvalue weighted by Gasteiger charge is -2.05. The Bertz CT molecular complexity index is 1190. The van der Waals surface area contributed by atoms with Crippen molar-refractivity contribution >= 4 is 51.0 Å². The van der Waals surface area contributed by atoms with Crippen molar-refractivity contribution in [2.24, 2.45) is 5.16 Å². The highest BCUT2D eigenvalue weighted by molar-refractivity contribution is 8.06. The summed E-state index contributed by atoms with van der Waals surface area (Å²) < 4.78 is 2.20. The Kier molecular flexibility index (Phi) is 6.03. The monoisotopic (exact) mass is 406 g/mol. The highest BCUT2D eigenvalue weighted by Gasteiger charge is 2.15. The molecular weight excluding hydrogens is 384 g/mol. The van der Waals surface area contributed by atoms with E-state index in [0.717, 1.165) is 33.9 Å². The average molecular weight is 407 g/mol. The van der Waals surface area contributed by atoms with Gasteiger partial charge in [0.15, 0.2) is 5.78 Å². The second-order valence-electron chi connectivity index (χ2n) is 6.50. The molecule has 0 saturated heterocycles. The van der Waals surface area contributed by atoms with Crippen molar-refractivity contribution in [1.82, 2.24) is 4.57 Å². The zero-order valence-corrected chi connectivity index (χ0v) is 17.5. The molecule has 0 radical (unpaired) electrons. The molecule has 6 heteroatoms. The summed E-state index contributed by atoms with van der Waals surface area (Å²) in [5, 5.41) is 7.46. The summed E-state index contributed by atoms with van der Waals surface area (Å²) >= 11 is 1.22. The van der Waals surface area contributed by atoms with E-state index in [2.05, 4.69) is 29.8 Å². The number of aromatic nitrogens is 1. The minimum absolute atomic E-state index is 0.113. The predicted molar refractivity (Wildman–Crippen MR) is 120 cm³/mol. The van der Waals surface area contributed by atoms with Crippen molar-refractivity contribution in [2.75, 3.05) is 0 Å². The molecule has 0 bridgehead atoms. The fourth-order valence-electron chi connectivity index (χ4n) is 3.31. The van der Waals surface area contributed by atoms with Crippen LogP contribution in [0, 0.1) is 0 Å². The molecule has 1 aromatic heterocycles. The number of hydrogen-bond acceptors (Lipinski definition) is 5. The molecule has 0 aliphatic heterocycles. The molecule has 29 heavy (non-hydrogen) atoms. The SMILES string of the molecule is C=CSC(=C)C(=O)c1ccc2c(c1)c1cc(/C(C)=N/OC(C)=O)ccc1n2CC. The zero-order valence-electron chi connectivity index (χ0n) is 16.7. The Morgan fingerprint density at radius 3 is 2.24 bits per heavy atom. The predicted octanol–water partition coefficient (Wildman–Crippen LogP) is 5.67. The second-order valence-corrected chi connectivity index (χ2v) is 7.57. The van der Waals surface area contributed by atoms with Gasteiger partial charge in [-0.3, -0.25) is 4.79 Å². The minimum Gasteiger partial charge on any atom is -0.341 e. The number of benzene rings is 2. The van der Waals surface area contributed by atoms with Gasteiger partial charge in [0, 0.05) is 40.8 Å². The first-order valence-electron chi connectivity index (χ1n) is 9.17. The zero-order chi connectivity index (χ0) is 21.1. The number of fused-ring (bicyclic) bond motifs is 3. The number of aryl methyl sites for hydroxylation is 1. The maximum absolute atomic E-state index is 12.7. The summed E-state index contributed by atoms with van der Waals surface area (Å²) in [6.45, 7) is 13.5. The Morgan fingerprint density at radius 1 is 1.10 bits per heavy atom. The number of nitrogens with zero attached hydrogens (tertiary/aromatic N) is 2. The van der Waals surface area contributed by atoms with Gasteiger partial charge in [-0.05, 0) is 55.2 Å². The Hall–Kier alpha value is -3.12. The molecule has 5 nitrogen and oxygen atoms in total. The van der Waals surface area contributed by atoms with Crippen molar-refractivity contribution in [3.05, 3.63) is 71.0 Å². The maximum atomic E-state index is 12.7. The third-order valence-electron chi connectivity index (χ3n) is 4.65. The number of Topliss-reactive ketones (excluding diaryl/α,β-unsaturated/α-hetero) is 1. The summed E-state index contributed by atoms with van der Waals surface area (Å²) in [6, 6.07) is 11.7. The Labute approximate surface area is 173 Å². The first-order valence-corrected chi connectivity index (χ1v) is 10.0. The summed E-state index contributed by atoms with van der Waals surface area (Å²) in [6.07, 6.45) is 0. The molecule has 0 spiro atoms. The van der Waals surface area contributed by atoms with Crippen LogP contribution in [0.3, 0.4) is 0 Å². The summed E-state index contributed by atoms with van der Waals surface area (Å²) in [4.78, 5) is 28.9. The van der Waals surface area contributed by atoms with Gasteiger partial charge in [-0.1, -0.05) is 36.1 Å². The van der Waals surface area contributed by atoms with Crippen molar-refractivity contribution < 1.29 is 14.4 Å². The van der Waals surface area contributed by atoms with E-state index in [1.807, 2.05) is 36.4 Å². The molecule has 0 saturated carbocycles. The second kappa shape index (κ2) is 8.49. The number of carbonyl (C=O) groups is 2. The van der Waals surface area contributed by atoms with Gasteiger partial charge in [0.2, 0.25) is 0 Å². The summed E-state index contributed by atoms with van der Waals surface area (Å²) in [5.41, 5.74) is 4.14. The molecule has 2 aromatic carbocycles. The number of carbonyl (C=O) groups excluding carboxylic acids is 2. The lowest BCUT2D eigenvalue weighted by atomic mass is 10.0. The van der Waals surface area contributed by atoms with E-state index in [9.17, 15) is 9.59 Å². The third kappa shape index (κ3) is 4.03. The highest BCUT2D eigenvalue weighted by atomic mass is 32.2. The molecule has 0 unspecified atom stereocenters. The van der Waals surface area contributed by atoms with Crippen LogP contribution in [0.2, 0.25) is 0 Å². The molecule has 0 N–H and O–H groups in total. The highest BCUT2D eigenvalue weighted by Crippen LogP contribution is 2.32. The van der Waals surface area contributed by atoms with Gasteiger partial charge >= 0.3 is 5.97 Å². The molecule has 148 valence electrons. The third-order valence-corrected chi connectivity index (χ3v) is 5.29. The molecule has 0 amide bonds.